The van der Waals surface area contributed by atoms with Gasteiger partial charge >= 0.3 is 0 Å². The van der Waals surface area contributed by atoms with Gasteiger partial charge in [-0.05, 0) is 0 Å². The highest BCUT2D eigenvalue weighted by Gasteiger charge is 2.48. The normalized spacial score (nSPS) is 41.8. The molecule has 7 nitrogen and oxygen atoms in total. The van der Waals surface area contributed by atoms with Gasteiger partial charge in [-0.15, -0.1) is 0 Å². The third-order valence-electron chi connectivity index (χ3n) is 2.51. The van der Waals surface area contributed by atoms with E-state index >= 15 is 0 Å². The molecule has 7 heteroatoms. The van der Waals surface area contributed by atoms with Crippen molar-refractivity contribution in [3.8, 4) is 0 Å². The van der Waals surface area contributed by atoms with Crippen LogP contribution in [-0.4, -0.2) is 70.8 Å². The molecule has 4 unspecified atom stereocenters. The topological polar surface area (TPSA) is 128 Å². The highest BCUT2D eigenvalue weighted by Crippen LogP contribution is 2.23. The zero-order chi connectivity index (χ0) is 11.5. The number of nitrogens with two attached hydrogens (primary N) is 1. The van der Waals surface area contributed by atoms with E-state index in [-0.39, 0.29) is 6.61 Å². The molecule has 0 bridgehead atoms. The molecule has 1 heterocycles. The van der Waals surface area contributed by atoms with Crippen molar-refractivity contribution in [1.29, 1.82) is 0 Å². The fourth-order valence-electron chi connectivity index (χ4n) is 1.54. The Hall–Kier alpha value is -0.280. The SMILES string of the molecule is NCCNC1(CO)OCC(O)C(O)C1O. The molecule has 15 heavy (non-hydrogen) atoms. The second-order valence-corrected chi connectivity index (χ2v) is 3.58. The zero-order valence-electron chi connectivity index (χ0n) is 8.33. The maximum Gasteiger partial charge on any atom is 0.171 e. The first-order valence-corrected chi connectivity index (χ1v) is 4.81. The third-order valence-corrected chi connectivity index (χ3v) is 2.51. The summed E-state index contributed by atoms with van der Waals surface area (Å²) in [6.45, 7) is -0.0504. The molecule has 4 atom stereocenters. The van der Waals surface area contributed by atoms with Crippen molar-refractivity contribution in [2.45, 2.75) is 24.0 Å². The number of hydrogen-bond donors (Lipinski definition) is 6. The molecule has 1 aliphatic rings. The lowest BCUT2D eigenvalue weighted by molar-refractivity contribution is -0.258. The second kappa shape index (κ2) is 5.17. The average molecular weight is 222 g/mol. The Morgan fingerprint density at radius 1 is 1.40 bits per heavy atom. The van der Waals surface area contributed by atoms with E-state index in [0.29, 0.717) is 13.1 Å². The van der Waals surface area contributed by atoms with Gasteiger partial charge in [-0.1, -0.05) is 0 Å². The molecule has 0 amide bonds. The Morgan fingerprint density at radius 3 is 2.60 bits per heavy atom. The van der Waals surface area contributed by atoms with Crippen LogP contribution in [0.2, 0.25) is 0 Å². The molecule has 90 valence electrons. The average Bonchev–Trinajstić information content (AvgIpc) is 2.26. The minimum absolute atomic E-state index is 0.156. The van der Waals surface area contributed by atoms with Gasteiger partial charge in [0.1, 0.15) is 18.3 Å². The molecule has 1 rings (SSSR count). The number of ether oxygens (including phenoxy) is 1. The predicted molar refractivity (Wildman–Crippen MR) is 50.8 cm³/mol. The van der Waals surface area contributed by atoms with E-state index in [4.69, 9.17) is 15.6 Å². The predicted octanol–water partition coefficient (Wildman–Crippen LogP) is -3.66. The summed E-state index contributed by atoms with van der Waals surface area (Å²) in [6, 6.07) is 0. The van der Waals surface area contributed by atoms with E-state index in [1.54, 1.807) is 0 Å². The van der Waals surface area contributed by atoms with Crippen LogP contribution in [0, 0.1) is 0 Å². The van der Waals surface area contributed by atoms with Crippen molar-refractivity contribution in [3.05, 3.63) is 0 Å². The van der Waals surface area contributed by atoms with Gasteiger partial charge in [0.25, 0.3) is 0 Å². The van der Waals surface area contributed by atoms with Crippen LogP contribution in [0.15, 0.2) is 0 Å². The van der Waals surface area contributed by atoms with Crippen molar-refractivity contribution in [3.63, 3.8) is 0 Å². The van der Waals surface area contributed by atoms with Crippen molar-refractivity contribution in [2.24, 2.45) is 5.73 Å². The summed E-state index contributed by atoms with van der Waals surface area (Å²) >= 11 is 0. The van der Waals surface area contributed by atoms with E-state index in [9.17, 15) is 15.3 Å². The lowest BCUT2D eigenvalue weighted by Crippen LogP contribution is -2.69. The van der Waals surface area contributed by atoms with Gasteiger partial charge in [-0.25, -0.2) is 0 Å². The number of aliphatic hydroxyl groups excluding tert-OH is 4. The first-order chi connectivity index (χ1) is 7.07. The van der Waals surface area contributed by atoms with Gasteiger partial charge in [0.2, 0.25) is 0 Å². The van der Waals surface area contributed by atoms with Crippen LogP contribution in [0.5, 0.6) is 0 Å². The quantitative estimate of drug-likeness (QED) is 0.289. The van der Waals surface area contributed by atoms with Crippen molar-refractivity contribution < 1.29 is 25.2 Å². The monoisotopic (exact) mass is 222 g/mol. The Kier molecular flexibility index (Phi) is 4.41. The van der Waals surface area contributed by atoms with Gasteiger partial charge in [0.05, 0.1) is 13.2 Å². The molecule has 1 aliphatic heterocycles. The summed E-state index contributed by atoms with van der Waals surface area (Å²) in [6.07, 6.45) is -3.91. The van der Waals surface area contributed by atoms with Crippen LogP contribution < -0.4 is 11.1 Å². The van der Waals surface area contributed by atoms with Crippen LogP contribution in [0.4, 0.5) is 0 Å². The summed E-state index contributed by atoms with van der Waals surface area (Å²) < 4.78 is 5.14. The van der Waals surface area contributed by atoms with Crippen molar-refractivity contribution >= 4 is 0 Å². The van der Waals surface area contributed by atoms with Gasteiger partial charge in [-0.3, -0.25) is 5.32 Å². The highest BCUT2D eigenvalue weighted by molar-refractivity contribution is 4.96. The number of rotatable bonds is 4. The van der Waals surface area contributed by atoms with E-state index in [2.05, 4.69) is 5.32 Å². The standard InChI is InChI=1S/C8H18N2O5/c9-1-2-10-8(4-11)7(14)6(13)5(12)3-15-8/h5-7,10-14H,1-4,9H2. The Morgan fingerprint density at radius 2 is 2.07 bits per heavy atom. The van der Waals surface area contributed by atoms with E-state index in [1.807, 2.05) is 0 Å². The largest absolute Gasteiger partial charge is 0.392 e. The molecule has 0 saturated carbocycles. The molecule has 0 aromatic heterocycles. The van der Waals surface area contributed by atoms with Crippen LogP contribution in [-0.2, 0) is 4.74 Å². The first-order valence-electron chi connectivity index (χ1n) is 4.81. The van der Waals surface area contributed by atoms with Crippen molar-refractivity contribution in [2.75, 3.05) is 26.3 Å². The molecule has 0 radical (unpaired) electrons. The summed E-state index contributed by atoms with van der Waals surface area (Å²) in [7, 11) is 0. The van der Waals surface area contributed by atoms with Gasteiger partial charge in [0.15, 0.2) is 5.72 Å². The van der Waals surface area contributed by atoms with Gasteiger partial charge in [-0.2, -0.15) is 0 Å². The zero-order valence-corrected chi connectivity index (χ0v) is 8.33. The molecule has 0 aromatic carbocycles. The summed E-state index contributed by atoms with van der Waals surface area (Å²) in [5.41, 5.74) is 3.83. The molecular formula is C8H18N2O5. The van der Waals surface area contributed by atoms with E-state index in [0.717, 1.165) is 0 Å². The van der Waals surface area contributed by atoms with Gasteiger partial charge < -0.3 is 30.9 Å². The first kappa shape index (κ1) is 12.8. The number of aliphatic hydroxyl groups is 4. The molecule has 1 saturated heterocycles. The van der Waals surface area contributed by atoms with Crippen LogP contribution in [0.1, 0.15) is 0 Å². The lowest BCUT2D eigenvalue weighted by atomic mass is 9.95. The lowest BCUT2D eigenvalue weighted by Gasteiger charge is -2.44. The number of hydrogen-bond acceptors (Lipinski definition) is 7. The van der Waals surface area contributed by atoms with E-state index < -0.39 is 30.6 Å². The minimum atomic E-state index is -1.45. The Labute approximate surface area is 87.5 Å². The highest BCUT2D eigenvalue weighted by atomic mass is 16.6. The van der Waals surface area contributed by atoms with Crippen LogP contribution in [0.3, 0.4) is 0 Å². The fourth-order valence-corrected chi connectivity index (χ4v) is 1.54. The van der Waals surface area contributed by atoms with Crippen molar-refractivity contribution in [1.82, 2.24) is 5.32 Å². The second-order valence-electron chi connectivity index (χ2n) is 3.58. The fraction of sp³-hybridized carbons (Fsp3) is 1.00. The smallest absolute Gasteiger partial charge is 0.171 e. The summed E-state index contributed by atoms with van der Waals surface area (Å²) in [4.78, 5) is 0. The number of nitrogens with one attached hydrogen (secondary N) is 1. The molecule has 0 aliphatic carbocycles. The van der Waals surface area contributed by atoms with Crippen LogP contribution in [0.25, 0.3) is 0 Å². The molecule has 7 N–H and O–H groups in total. The molecule has 0 aromatic rings. The minimum Gasteiger partial charge on any atom is -0.392 e. The van der Waals surface area contributed by atoms with E-state index in [1.165, 1.54) is 0 Å². The molecule has 0 spiro atoms. The summed E-state index contributed by atoms with van der Waals surface area (Å²) in [5, 5.41) is 40.2. The maximum absolute atomic E-state index is 9.69. The maximum atomic E-state index is 9.69. The van der Waals surface area contributed by atoms with Gasteiger partial charge in [0, 0.05) is 13.1 Å². The Balaban J connectivity index is 2.71. The Bertz CT molecular complexity index is 201. The summed E-state index contributed by atoms with van der Waals surface area (Å²) in [5.74, 6) is 0. The van der Waals surface area contributed by atoms with Crippen LogP contribution >= 0.6 is 0 Å². The third kappa shape index (κ3) is 2.45. The molecular weight excluding hydrogens is 204 g/mol. The molecule has 1 fully saturated rings.